The van der Waals surface area contributed by atoms with Crippen LogP contribution in [0.15, 0.2) is 12.4 Å². The Hall–Kier alpha value is -0.830. The van der Waals surface area contributed by atoms with Gasteiger partial charge >= 0.3 is 0 Å². The van der Waals surface area contributed by atoms with E-state index in [1.807, 2.05) is 17.9 Å². The Morgan fingerprint density at radius 1 is 1.71 bits per heavy atom. The van der Waals surface area contributed by atoms with Crippen molar-refractivity contribution in [3.05, 3.63) is 18.0 Å². The molecule has 0 spiro atoms. The molecule has 1 aromatic heterocycles. The van der Waals surface area contributed by atoms with E-state index in [0.29, 0.717) is 11.5 Å². The molecule has 0 saturated heterocycles. The zero-order chi connectivity index (χ0) is 10.2. The van der Waals surface area contributed by atoms with Gasteiger partial charge in [-0.05, 0) is 36.7 Å². The lowest BCUT2D eigenvalue weighted by Gasteiger charge is -2.22. The third-order valence-electron chi connectivity index (χ3n) is 3.26. The maximum Gasteiger partial charge on any atom is 0.0521 e. The van der Waals surface area contributed by atoms with E-state index in [4.69, 9.17) is 5.73 Å². The van der Waals surface area contributed by atoms with Crippen LogP contribution in [0.2, 0.25) is 0 Å². The molecule has 3 heteroatoms. The van der Waals surface area contributed by atoms with E-state index in [1.165, 1.54) is 18.4 Å². The standard InChI is InChI=1S/C11H19N3/c1-11(4-3-10(12)6-11)5-9-7-13-14(2)8-9/h7-8,10H,3-6,12H2,1-2H3. The molecule has 0 aromatic carbocycles. The van der Waals surface area contributed by atoms with Crippen LogP contribution in [0.25, 0.3) is 0 Å². The Morgan fingerprint density at radius 2 is 2.50 bits per heavy atom. The Balaban J connectivity index is 2.03. The maximum atomic E-state index is 5.95. The normalized spacial score (nSPS) is 32.4. The van der Waals surface area contributed by atoms with Crippen LogP contribution in [0, 0.1) is 5.41 Å². The number of hydrogen-bond donors (Lipinski definition) is 1. The molecule has 78 valence electrons. The average Bonchev–Trinajstić information content (AvgIpc) is 2.60. The second-order valence-electron chi connectivity index (χ2n) is 5.01. The number of nitrogens with zero attached hydrogens (tertiary/aromatic N) is 2. The lowest BCUT2D eigenvalue weighted by atomic mass is 9.83. The summed E-state index contributed by atoms with van der Waals surface area (Å²) in [6.45, 7) is 2.34. The topological polar surface area (TPSA) is 43.8 Å². The zero-order valence-corrected chi connectivity index (χ0v) is 9.03. The number of rotatable bonds is 2. The van der Waals surface area contributed by atoms with Gasteiger partial charge in [0.1, 0.15) is 0 Å². The molecule has 1 fully saturated rings. The van der Waals surface area contributed by atoms with Crippen molar-refractivity contribution in [3.63, 3.8) is 0 Å². The lowest BCUT2D eigenvalue weighted by Crippen LogP contribution is -2.20. The molecule has 2 unspecified atom stereocenters. The summed E-state index contributed by atoms with van der Waals surface area (Å²) < 4.78 is 1.87. The fourth-order valence-corrected chi connectivity index (χ4v) is 2.59. The molecule has 0 radical (unpaired) electrons. The molecule has 14 heavy (non-hydrogen) atoms. The summed E-state index contributed by atoms with van der Waals surface area (Å²) in [5, 5.41) is 4.19. The molecular weight excluding hydrogens is 174 g/mol. The van der Waals surface area contributed by atoms with Crippen molar-refractivity contribution in [3.8, 4) is 0 Å². The maximum absolute atomic E-state index is 5.95. The molecule has 0 bridgehead atoms. The highest BCUT2D eigenvalue weighted by Crippen LogP contribution is 2.39. The van der Waals surface area contributed by atoms with Crippen molar-refractivity contribution in [2.75, 3.05) is 0 Å². The Bertz CT molecular complexity index is 318. The third kappa shape index (κ3) is 1.98. The van der Waals surface area contributed by atoms with Crippen LogP contribution in [-0.2, 0) is 13.5 Å². The van der Waals surface area contributed by atoms with Gasteiger partial charge in [0.15, 0.2) is 0 Å². The molecule has 2 N–H and O–H groups in total. The minimum absolute atomic E-state index is 0.405. The molecule has 1 saturated carbocycles. The summed E-state index contributed by atoms with van der Waals surface area (Å²) in [5.41, 5.74) is 7.69. The molecular formula is C11H19N3. The van der Waals surface area contributed by atoms with Crippen molar-refractivity contribution in [2.24, 2.45) is 18.2 Å². The van der Waals surface area contributed by atoms with Gasteiger partial charge in [-0.2, -0.15) is 5.10 Å². The molecule has 3 nitrogen and oxygen atoms in total. The Morgan fingerprint density at radius 3 is 3.00 bits per heavy atom. The Labute approximate surface area is 85.3 Å². The molecule has 1 aromatic rings. The highest BCUT2D eigenvalue weighted by Gasteiger charge is 2.33. The molecule has 0 amide bonds. The quantitative estimate of drug-likeness (QED) is 0.773. The van der Waals surface area contributed by atoms with Crippen LogP contribution in [-0.4, -0.2) is 15.8 Å². The summed E-state index contributed by atoms with van der Waals surface area (Å²) in [5.74, 6) is 0. The summed E-state index contributed by atoms with van der Waals surface area (Å²) in [4.78, 5) is 0. The smallest absolute Gasteiger partial charge is 0.0521 e. The molecule has 1 aliphatic rings. The molecule has 2 rings (SSSR count). The van der Waals surface area contributed by atoms with E-state index in [-0.39, 0.29) is 0 Å². The van der Waals surface area contributed by atoms with Crippen LogP contribution >= 0.6 is 0 Å². The number of nitrogens with two attached hydrogens (primary N) is 1. The van der Waals surface area contributed by atoms with Crippen LogP contribution in [0.5, 0.6) is 0 Å². The van der Waals surface area contributed by atoms with Crippen molar-refractivity contribution in [1.29, 1.82) is 0 Å². The van der Waals surface area contributed by atoms with E-state index in [0.717, 1.165) is 12.8 Å². The van der Waals surface area contributed by atoms with Gasteiger partial charge in [0.25, 0.3) is 0 Å². The fourth-order valence-electron chi connectivity index (χ4n) is 2.59. The Kier molecular flexibility index (Phi) is 2.35. The van der Waals surface area contributed by atoms with Gasteiger partial charge in [-0.3, -0.25) is 4.68 Å². The first-order valence-electron chi connectivity index (χ1n) is 5.31. The first-order valence-corrected chi connectivity index (χ1v) is 5.31. The zero-order valence-electron chi connectivity index (χ0n) is 9.03. The predicted octanol–water partition coefficient (Wildman–Crippen LogP) is 1.48. The van der Waals surface area contributed by atoms with E-state index < -0.39 is 0 Å². The van der Waals surface area contributed by atoms with E-state index in [1.54, 1.807) is 0 Å². The minimum Gasteiger partial charge on any atom is -0.328 e. The van der Waals surface area contributed by atoms with Gasteiger partial charge in [0, 0.05) is 19.3 Å². The first kappa shape index (κ1) is 9.71. The molecule has 2 atom stereocenters. The van der Waals surface area contributed by atoms with Gasteiger partial charge in [0.05, 0.1) is 6.20 Å². The minimum atomic E-state index is 0.405. The van der Waals surface area contributed by atoms with Crippen LogP contribution in [0.1, 0.15) is 31.7 Å². The average molecular weight is 193 g/mol. The monoisotopic (exact) mass is 193 g/mol. The van der Waals surface area contributed by atoms with Crippen molar-refractivity contribution < 1.29 is 0 Å². The van der Waals surface area contributed by atoms with E-state index in [9.17, 15) is 0 Å². The van der Waals surface area contributed by atoms with Crippen LogP contribution in [0.4, 0.5) is 0 Å². The second kappa shape index (κ2) is 3.39. The molecule has 0 aliphatic heterocycles. The van der Waals surface area contributed by atoms with Crippen molar-refractivity contribution >= 4 is 0 Å². The second-order valence-corrected chi connectivity index (χ2v) is 5.01. The number of hydrogen-bond acceptors (Lipinski definition) is 2. The largest absolute Gasteiger partial charge is 0.328 e. The highest BCUT2D eigenvalue weighted by molar-refractivity contribution is 5.08. The van der Waals surface area contributed by atoms with Crippen molar-refractivity contribution in [2.45, 2.75) is 38.6 Å². The predicted molar refractivity (Wildman–Crippen MR) is 56.8 cm³/mol. The number of aromatic nitrogens is 2. The van der Waals surface area contributed by atoms with Gasteiger partial charge in [0.2, 0.25) is 0 Å². The third-order valence-corrected chi connectivity index (χ3v) is 3.26. The van der Waals surface area contributed by atoms with E-state index >= 15 is 0 Å². The SMILES string of the molecule is Cn1cc(CC2(C)CCC(N)C2)cn1. The summed E-state index contributed by atoms with van der Waals surface area (Å²) in [6.07, 6.45) is 8.78. The highest BCUT2D eigenvalue weighted by atomic mass is 15.2. The number of aryl methyl sites for hydroxylation is 1. The summed E-state index contributed by atoms with van der Waals surface area (Å²) in [6, 6.07) is 0.414. The van der Waals surface area contributed by atoms with Crippen LogP contribution in [0.3, 0.4) is 0 Å². The van der Waals surface area contributed by atoms with Gasteiger partial charge in [-0.1, -0.05) is 6.92 Å². The summed E-state index contributed by atoms with van der Waals surface area (Å²) in [7, 11) is 1.96. The first-order chi connectivity index (χ1) is 6.57. The molecule has 1 aliphatic carbocycles. The fraction of sp³-hybridized carbons (Fsp3) is 0.727. The lowest BCUT2D eigenvalue weighted by molar-refractivity contribution is 0.329. The van der Waals surface area contributed by atoms with Crippen molar-refractivity contribution in [1.82, 2.24) is 9.78 Å². The van der Waals surface area contributed by atoms with Gasteiger partial charge in [-0.15, -0.1) is 0 Å². The van der Waals surface area contributed by atoms with E-state index in [2.05, 4.69) is 18.2 Å². The summed E-state index contributed by atoms with van der Waals surface area (Å²) >= 11 is 0. The van der Waals surface area contributed by atoms with Gasteiger partial charge in [-0.25, -0.2) is 0 Å². The molecule has 1 heterocycles. The van der Waals surface area contributed by atoms with Gasteiger partial charge < -0.3 is 5.73 Å². The van der Waals surface area contributed by atoms with Crippen LogP contribution < -0.4 is 5.73 Å².